The van der Waals surface area contributed by atoms with Crippen molar-refractivity contribution in [1.29, 1.82) is 0 Å². The second kappa shape index (κ2) is 8.40. The molecule has 4 aromatic rings. The Kier molecular flexibility index (Phi) is 5.93. The van der Waals surface area contributed by atoms with E-state index in [0.717, 1.165) is 0 Å². The molecule has 0 bridgehead atoms. The van der Waals surface area contributed by atoms with Crippen molar-refractivity contribution >= 4 is 54.3 Å². The van der Waals surface area contributed by atoms with Gasteiger partial charge < -0.3 is 8.60 Å². The van der Waals surface area contributed by atoms with Gasteiger partial charge in [0.15, 0.2) is 21.2 Å². The molecule has 166 valence electrons. The van der Waals surface area contributed by atoms with Crippen molar-refractivity contribution in [2.45, 2.75) is 16.7 Å². The lowest BCUT2D eigenvalue weighted by molar-refractivity contribution is 0.485. The van der Waals surface area contributed by atoms with Crippen LogP contribution in [0.5, 0.6) is 5.75 Å². The smallest absolute Gasteiger partial charge is 0.340 e. The van der Waals surface area contributed by atoms with Crippen LogP contribution in [0.4, 0.5) is 0 Å². The lowest BCUT2D eigenvalue weighted by Crippen LogP contribution is -2.11. The molecule has 4 rings (SSSR count). The third-order valence-corrected chi connectivity index (χ3v) is 8.26. The second-order valence-corrected chi connectivity index (χ2v) is 11.3. The Hall–Kier alpha value is -2.59. The quantitative estimate of drug-likeness (QED) is 0.320. The zero-order chi connectivity index (χ0) is 23.1. The maximum atomic E-state index is 12.8. The van der Waals surface area contributed by atoms with E-state index < -0.39 is 20.0 Å². The number of hydrogen-bond acceptors (Lipinski definition) is 7. The number of halogens is 2. The number of para-hydroxylation sites is 1. The maximum absolute atomic E-state index is 12.8. The molecule has 11 heteroatoms. The molecule has 0 saturated carbocycles. The zero-order valence-corrected chi connectivity index (χ0v) is 19.6. The first kappa shape index (κ1) is 22.6. The van der Waals surface area contributed by atoms with Gasteiger partial charge in [-0.1, -0.05) is 42.3 Å². The average Bonchev–Trinajstić information content (AvgIpc) is 3.16. The van der Waals surface area contributed by atoms with Gasteiger partial charge >= 0.3 is 10.1 Å². The molecule has 0 saturated heterocycles. The lowest BCUT2D eigenvalue weighted by Gasteiger charge is -2.11. The van der Waals surface area contributed by atoms with Crippen LogP contribution in [0.15, 0.2) is 74.9 Å². The van der Waals surface area contributed by atoms with Gasteiger partial charge in [-0.25, -0.2) is 13.4 Å². The summed E-state index contributed by atoms with van der Waals surface area (Å²) in [7, 11) is -7.71. The fourth-order valence-corrected chi connectivity index (χ4v) is 5.54. The average molecular weight is 512 g/mol. The molecule has 0 N–H and O–H groups in total. The van der Waals surface area contributed by atoms with Gasteiger partial charge in [-0.2, -0.15) is 8.42 Å². The summed E-state index contributed by atoms with van der Waals surface area (Å²) in [5, 5.41) is 0.201. The van der Waals surface area contributed by atoms with Crippen LogP contribution in [0.25, 0.3) is 22.6 Å². The Morgan fingerprint density at radius 2 is 1.72 bits per heavy atom. The van der Waals surface area contributed by atoms with E-state index in [1.807, 2.05) is 0 Å². The number of rotatable bonds is 6. The third-order valence-electron chi connectivity index (χ3n) is 4.58. The molecule has 0 fully saturated rings. The van der Waals surface area contributed by atoms with Crippen LogP contribution in [0.1, 0.15) is 6.92 Å². The first-order chi connectivity index (χ1) is 15.1. The van der Waals surface area contributed by atoms with Crippen molar-refractivity contribution in [3.05, 3.63) is 70.7 Å². The second-order valence-electron chi connectivity index (χ2n) is 6.66. The minimum atomic E-state index is -4.29. The molecular formula is C21H15Cl2NO6S2. The van der Waals surface area contributed by atoms with Gasteiger partial charge in [-0.05, 0) is 48.5 Å². The van der Waals surface area contributed by atoms with Crippen molar-refractivity contribution in [2.75, 3.05) is 5.75 Å². The van der Waals surface area contributed by atoms with Gasteiger partial charge in [-0.3, -0.25) is 0 Å². The number of benzene rings is 3. The highest BCUT2D eigenvalue weighted by molar-refractivity contribution is 7.91. The summed E-state index contributed by atoms with van der Waals surface area (Å²) in [6.07, 6.45) is 0. The van der Waals surface area contributed by atoms with E-state index in [4.69, 9.17) is 31.8 Å². The predicted molar refractivity (Wildman–Crippen MR) is 121 cm³/mol. The third kappa shape index (κ3) is 4.33. The van der Waals surface area contributed by atoms with Crippen molar-refractivity contribution in [2.24, 2.45) is 0 Å². The summed E-state index contributed by atoms with van der Waals surface area (Å²) in [5.41, 5.74) is 0.915. The summed E-state index contributed by atoms with van der Waals surface area (Å²) >= 11 is 11.9. The number of aromatic nitrogens is 1. The normalized spacial score (nSPS) is 12.2. The van der Waals surface area contributed by atoms with Crippen molar-refractivity contribution in [3.8, 4) is 17.2 Å². The molecule has 0 aliphatic carbocycles. The van der Waals surface area contributed by atoms with E-state index >= 15 is 0 Å². The monoisotopic (exact) mass is 511 g/mol. The molecule has 0 amide bonds. The largest absolute Gasteiger partial charge is 0.436 e. The zero-order valence-electron chi connectivity index (χ0n) is 16.4. The number of fused-ring (bicyclic) bond motifs is 1. The van der Waals surface area contributed by atoms with Crippen LogP contribution in [-0.2, 0) is 20.0 Å². The van der Waals surface area contributed by atoms with Crippen LogP contribution >= 0.6 is 23.2 Å². The van der Waals surface area contributed by atoms with Crippen LogP contribution in [-0.4, -0.2) is 27.6 Å². The van der Waals surface area contributed by atoms with E-state index in [1.165, 1.54) is 42.5 Å². The summed E-state index contributed by atoms with van der Waals surface area (Å²) in [5.74, 6) is -0.0177. The van der Waals surface area contributed by atoms with Crippen molar-refractivity contribution < 1.29 is 25.4 Å². The van der Waals surface area contributed by atoms with Crippen LogP contribution in [0, 0.1) is 0 Å². The first-order valence-corrected chi connectivity index (χ1v) is 13.0. The molecule has 3 aromatic carbocycles. The molecule has 0 spiro atoms. The van der Waals surface area contributed by atoms with Crippen LogP contribution in [0.2, 0.25) is 10.0 Å². The molecule has 32 heavy (non-hydrogen) atoms. The summed E-state index contributed by atoms with van der Waals surface area (Å²) in [6, 6.07) is 14.5. The fourth-order valence-electron chi connectivity index (χ4n) is 2.94. The standard InChI is InChI=1S/C21H15Cl2NO6S2/c1-2-31(25,26)14-8-9-19-17(12-14)24-21(29-19)15-5-3-4-6-18(15)30-32(27,28)20-10-7-13(22)11-16(20)23/h3-12H,2H2,1H3. The van der Waals surface area contributed by atoms with Gasteiger partial charge in [-0.15, -0.1) is 0 Å². The summed E-state index contributed by atoms with van der Waals surface area (Å²) in [6.45, 7) is 1.55. The number of nitrogens with zero attached hydrogens (tertiary/aromatic N) is 1. The van der Waals surface area contributed by atoms with Crippen molar-refractivity contribution in [3.63, 3.8) is 0 Å². The van der Waals surface area contributed by atoms with Gasteiger partial charge in [0.05, 0.1) is 21.2 Å². The van der Waals surface area contributed by atoms with E-state index in [1.54, 1.807) is 25.1 Å². The predicted octanol–water partition coefficient (Wildman–Crippen LogP) is 5.36. The molecule has 7 nitrogen and oxygen atoms in total. The Morgan fingerprint density at radius 3 is 2.44 bits per heavy atom. The highest BCUT2D eigenvalue weighted by Crippen LogP contribution is 2.35. The molecule has 1 heterocycles. The Labute approximate surface area is 194 Å². The number of oxazole rings is 1. The highest BCUT2D eigenvalue weighted by Gasteiger charge is 2.24. The van der Waals surface area contributed by atoms with Crippen LogP contribution < -0.4 is 4.18 Å². The molecule has 0 aliphatic rings. The van der Waals surface area contributed by atoms with Crippen LogP contribution in [0.3, 0.4) is 0 Å². The molecule has 0 aliphatic heterocycles. The first-order valence-electron chi connectivity index (χ1n) is 9.23. The van der Waals surface area contributed by atoms with Gasteiger partial charge in [0, 0.05) is 5.02 Å². The van der Waals surface area contributed by atoms with Crippen molar-refractivity contribution in [1.82, 2.24) is 4.98 Å². The minimum absolute atomic E-state index is 0.0357. The molecule has 0 atom stereocenters. The molecule has 0 unspecified atom stereocenters. The summed E-state index contributed by atoms with van der Waals surface area (Å²) in [4.78, 5) is 4.21. The Balaban J connectivity index is 1.76. The number of hydrogen-bond donors (Lipinski definition) is 0. The SMILES string of the molecule is CCS(=O)(=O)c1ccc2oc(-c3ccccc3OS(=O)(=O)c3ccc(Cl)cc3Cl)nc2c1. The van der Waals surface area contributed by atoms with E-state index in [0.29, 0.717) is 11.1 Å². The molecule has 1 aromatic heterocycles. The highest BCUT2D eigenvalue weighted by atomic mass is 35.5. The van der Waals surface area contributed by atoms with E-state index in [2.05, 4.69) is 4.98 Å². The van der Waals surface area contributed by atoms with E-state index in [9.17, 15) is 16.8 Å². The van der Waals surface area contributed by atoms with Gasteiger partial charge in [0.2, 0.25) is 5.89 Å². The van der Waals surface area contributed by atoms with Gasteiger partial charge in [0.1, 0.15) is 10.4 Å². The molecule has 0 radical (unpaired) electrons. The minimum Gasteiger partial charge on any atom is -0.436 e. The molecular weight excluding hydrogens is 497 g/mol. The number of sulfone groups is 1. The fraction of sp³-hybridized carbons (Fsp3) is 0.0952. The Morgan fingerprint density at radius 1 is 0.969 bits per heavy atom. The summed E-state index contributed by atoms with van der Waals surface area (Å²) < 4.78 is 61.0. The topological polar surface area (TPSA) is 104 Å². The maximum Gasteiger partial charge on any atom is 0.340 e. The lowest BCUT2D eigenvalue weighted by atomic mass is 10.2. The Bertz CT molecular complexity index is 1550. The van der Waals surface area contributed by atoms with Gasteiger partial charge in [0.25, 0.3) is 0 Å². The van der Waals surface area contributed by atoms with E-state index in [-0.39, 0.29) is 42.8 Å².